The predicted octanol–water partition coefficient (Wildman–Crippen LogP) is 3.35. The molecule has 1 saturated heterocycles. The SMILES string of the molecule is O=C(CCNC(=O)C1CCN(S(=O)(=O)c2cc(Cl)ccc2Cl)CC1)NC1CCCCC1. The number of carbonyl (C=O) groups is 2. The molecule has 0 spiro atoms. The highest BCUT2D eigenvalue weighted by Crippen LogP contribution is 2.30. The minimum atomic E-state index is -3.77. The summed E-state index contributed by atoms with van der Waals surface area (Å²) < 4.78 is 27.1. The molecule has 7 nitrogen and oxygen atoms in total. The van der Waals surface area contributed by atoms with Crippen molar-refractivity contribution in [3.05, 3.63) is 28.2 Å². The molecular weight excluding hydrogens is 461 g/mol. The fourth-order valence-corrected chi connectivity index (χ4v) is 6.37. The summed E-state index contributed by atoms with van der Waals surface area (Å²) in [6.07, 6.45) is 6.67. The predicted molar refractivity (Wildman–Crippen MR) is 121 cm³/mol. The first-order valence-corrected chi connectivity index (χ1v) is 13.0. The van der Waals surface area contributed by atoms with Crippen LogP contribution in [-0.2, 0) is 19.6 Å². The summed E-state index contributed by atoms with van der Waals surface area (Å²) in [5, 5.41) is 6.27. The first-order valence-electron chi connectivity index (χ1n) is 10.8. The van der Waals surface area contributed by atoms with Crippen LogP contribution in [0.15, 0.2) is 23.1 Å². The van der Waals surface area contributed by atoms with Gasteiger partial charge in [-0.15, -0.1) is 0 Å². The van der Waals surface area contributed by atoms with E-state index in [1.807, 2.05) is 0 Å². The van der Waals surface area contributed by atoms with Crippen LogP contribution in [0.1, 0.15) is 51.4 Å². The summed E-state index contributed by atoms with van der Waals surface area (Å²) in [7, 11) is -3.77. The highest BCUT2D eigenvalue weighted by molar-refractivity contribution is 7.89. The molecule has 0 atom stereocenters. The number of hydrogen-bond donors (Lipinski definition) is 2. The quantitative estimate of drug-likeness (QED) is 0.613. The van der Waals surface area contributed by atoms with Gasteiger partial charge in [-0.1, -0.05) is 42.5 Å². The van der Waals surface area contributed by atoms with Crippen molar-refractivity contribution in [2.75, 3.05) is 19.6 Å². The Bertz CT molecular complexity index is 896. The zero-order chi connectivity index (χ0) is 22.4. The van der Waals surface area contributed by atoms with Crippen molar-refractivity contribution in [1.29, 1.82) is 0 Å². The highest BCUT2D eigenvalue weighted by atomic mass is 35.5. The average molecular weight is 490 g/mol. The maximum absolute atomic E-state index is 12.9. The van der Waals surface area contributed by atoms with Gasteiger partial charge in [-0.05, 0) is 43.9 Å². The maximum atomic E-state index is 12.9. The topological polar surface area (TPSA) is 95.6 Å². The van der Waals surface area contributed by atoms with Crippen LogP contribution in [-0.4, -0.2) is 50.2 Å². The molecule has 1 heterocycles. The Kier molecular flexibility index (Phi) is 8.61. The number of sulfonamides is 1. The number of nitrogens with zero attached hydrogens (tertiary/aromatic N) is 1. The lowest BCUT2D eigenvalue weighted by Gasteiger charge is -2.30. The zero-order valence-corrected chi connectivity index (χ0v) is 19.7. The minimum absolute atomic E-state index is 0.0199. The fourth-order valence-electron chi connectivity index (χ4n) is 4.16. The number of nitrogens with one attached hydrogen (secondary N) is 2. The van der Waals surface area contributed by atoms with Gasteiger partial charge >= 0.3 is 0 Å². The number of hydrogen-bond acceptors (Lipinski definition) is 4. The molecule has 0 bridgehead atoms. The van der Waals surface area contributed by atoms with Gasteiger partial charge in [0.05, 0.1) is 5.02 Å². The summed E-state index contributed by atoms with van der Waals surface area (Å²) >= 11 is 12.0. The van der Waals surface area contributed by atoms with Crippen LogP contribution in [0.25, 0.3) is 0 Å². The smallest absolute Gasteiger partial charge is 0.244 e. The van der Waals surface area contributed by atoms with E-state index < -0.39 is 10.0 Å². The van der Waals surface area contributed by atoms with Crippen molar-refractivity contribution in [2.45, 2.75) is 62.3 Å². The van der Waals surface area contributed by atoms with Crippen molar-refractivity contribution in [2.24, 2.45) is 5.92 Å². The van der Waals surface area contributed by atoms with Crippen LogP contribution in [0.5, 0.6) is 0 Å². The van der Waals surface area contributed by atoms with Crippen molar-refractivity contribution >= 4 is 45.0 Å². The lowest BCUT2D eigenvalue weighted by Crippen LogP contribution is -2.44. The Morgan fingerprint density at radius 2 is 1.71 bits per heavy atom. The van der Waals surface area contributed by atoms with E-state index >= 15 is 0 Å². The molecule has 1 aliphatic heterocycles. The third kappa shape index (κ3) is 6.57. The Balaban J connectivity index is 1.43. The summed E-state index contributed by atoms with van der Waals surface area (Å²) in [4.78, 5) is 24.5. The van der Waals surface area contributed by atoms with Crippen molar-refractivity contribution < 1.29 is 18.0 Å². The van der Waals surface area contributed by atoms with Crippen molar-refractivity contribution in [3.63, 3.8) is 0 Å². The standard InChI is InChI=1S/C21H29Cl2N3O4S/c22-16-6-7-18(23)19(14-16)31(29,30)26-12-9-15(10-13-26)21(28)24-11-8-20(27)25-17-4-2-1-3-5-17/h6-7,14-15,17H,1-5,8-13H2,(H,24,28)(H,25,27). The number of amides is 2. The molecule has 1 aromatic rings. The zero-order valence-electron chi connectivity index (χ0n) is 17.4. The van der Waals surface area contributed by atoms with E-state index in [0.29, 0.717) is 17.9 Å². The number of halogens is 2. The Morgan fingerprint density at radius 3 is 2.39 bits per heavy atom. The number of rotatable bonds is 7. The molecule has 2 aliphatic rings. The number of benzene rings is 1. The molecule has 1 saturated carbocycles. The van der Waals surface area contributed by atoms with Gasteiger partial charge in [0.25, 0.3) is 0 Å². The Hall–Kier alpha value is -1.35. The van der Waals surface area contributed by atoms with Gasteiger partial charge in [-0.25, -0.2) is 8.42 Å². The maximum Gasteiger partial charge on any atom is 0.244 e. The molecule has 2 amide bonds. The number of carbonyl (C=O) groups excluding carboxylic acids is 2. The van der Waals surface area contributed by atoms with E-state index in [1.54, 1.807) is 0 Å². The first-order chi connectivity index (χ1) is 14.8. The van der Waals surface area contributed by atoms with Crippen LogP contribution < -0.4 is 10.6 Å². The Labute approximate surface area is 193 Å². The van der Waals surface area contributed by atoms with Crippen LogP contribution in [0.2, 0.25) is 10.0 Å². The Morgan fingerprint density at radius 1 is 1.03 bits per heavy atom. The fraction of sp³-hybridized carbons (Fsp3) is 0.619. The van der Waals surface area contributed by atoms with Crippen molar-refractivity contribution in [1.82, 2.24) is 14.9 Å². The van der Waals surface area contributed by atoms with E-state index in [0.717, 1.165) is 25.7 Å². The molecule has 1 aliphatic carbocycles. The normalized spacial score (nSPS) is 19.2. The van der Waals surface area contributed by atoms with Gasteiger partial charge in [0.15, 0.2) is 0 Å². The van der Waals surface area contributed by atoms with Gasteiger partial charge in [-0.2, -0.15) is 4.31 Å². The molecule has 2 N–H and O–H groups in total. The third-order valence-electron chi connectivity index (χ3n) is 5.96. The first kappa shape index (κ1) is 24.3. The minimum Gasteiger partial charge on any atom is -0.355 e. The van der Waals surface area contributed by atoms with E-state index in [2.05, 4.69) is 10.6 Å². The summed E-state index contributed by atoms with van der Waals surface area (Å²) in [5.41, 5.74) is 0. The molecule has 1 aromatic carbocycles. The third-order valence-corrected chi connectivity index (χ3v) is 8.57. The molecular formula is C21H29Cl2N3O4S. The van der Waals surface area contributed by atoms with Crippen LogP contribution in [0, 0.1) is 5.92 Å². The summed E-state index contributed by atoms with van der Waals surface area (Å²) in [6, 6.07) is 4.60. The monoisotopic (exact) mass is 489 g/mol. The van der Waals surface area contributed by atoms with Gasteiger partial charge in [0.1, 0.15) is 4.90 Å². The molecule has 2 fully saturated rings. The van der Waals surface area contributed by atoms with Gasteiger partial charge in [-0.3, -0.25) is 9.59 Å². The summed E-state index contributed by atoms with van der Waals surface area (Å²) in [6.45, 7) is 0.741. The second-order valence-electron chi connectivity index (χ2n) is 8.20. The second-order valence-corrected chi connectivity index (χ2v) is 10.9. The van der Waals surface area contributed by atoms with Crippen molar-refractivity contribution in [3.8, 4) is 0 Å². The van der Waals surface area contributed by atoms with Gasteiger partial charge < -0.3 is 10.6 Å². The molecule has 0 radical (unpaired) electrons. The van der Waals surface area contributed by atoms with Gasteiger partial charge in [0, 0.05) is 43.0 Å². The lowest BCUT2D eigenvalue weighted by molar-refractivity contribution is -0.126. The van der Waals surface area contributed by atoms with Gasteiger partial charge in [0.2, 0.25) is 21.8 Å². The average Bonchev–Trinajstić information content (AvgIpc) is 2.76. The van der Waals surface area contributed by atoms with E-state index in [4.69, 9.17) is 23.2 Å². The lowest BCUT2D eigenvalue weighted by atomic mass is 9.95. The van der Waals surface area contributed by atoms with E-state index in [9.17, 15) is 18.0 Å². The van der Waals surface area contributed by atoms with E-state index in [-0.39, 0.29) is 59.7 Å². The molecule has 172 valence electrons. The molecule has 31 heavy (non-hydrogen) atoms. The second kappa shape index (κ2) is 11.0. The molecule has 3 rings (SSSR count). The van der Waals surface area contributed by atoms with E-state index in [1.165, 1.54) is 28.9 Å². The van der Waals surface area contributed by atoms with Crippen LogP contribution in [0.4, 0.5) is 0 Å². The largest absolute Gasteiger partial charge is 0.355 e. The molecule has 0 aromatic heterocycles. The van der Waals surface area contributed by atoms with Crippen LogP contribution >= 0.6 is 23.2 Å². The molecule has 10 heteroatoms. The highest BCUT2D eigenvalue weighted by Gasteiger charge is 2.33. The van der Waals surface area contributed by atoms with Crippen LogP contribution in [0.3, 0.4) is 0 Å². The number of piperidine rings is 1. The summed E-state index contributed by atoms with van der Waals surface area (Å²) in [5.74, 6) is -0.447. The molecule has 0 unspecified atom stereocenters.